The fourth-order valence-electron chi connectivity index (χ4n) is 0.981. The van der Waals surface area contributed by atoms with E-state index >= 15 is 0 Å². The van der Waals surface area contributed by atoms with Crippen LogP contribution in [0.4, 0.5) is 0 Å². The molecule has 0 aliphatic carbocycles. The van der Waals surface area contributed by atoms with Crippen molar-refractivity contribution < 1.29 is 4.74 Å². The second kappa shape index (κ2) is 4.45. The van der Waals surface area contributed by atoms with Crippen molar-refractivity contribution in [2.45, 2.75) is 13.8 Å². The molecule has 1 aromatic heterocycles. The van der Waals surface area contributed by atoms with E-state index in [9.17, 15) is 0 Å². The molecule has 0 aliphatic rings. The first-order valence-electron chi connectivity index (χ1n) is 4.14. The first kappa shape index (κ1) is 9.52. The summed E-state index contributed by atoms with van der Waals surface area (Å²) in [6.07, 6.45) is 5.39. The fraction of sp³-hybridized carbons (Fsp3) is 0.182. The Morgan fingerprint density at radius 1 is 1.62 bits per heavy atom. The van der Waals surface area contributed by atoms with Gasteiger partial charge in [0, 0.05) is 18.0 Å². The van der Waals surface area contributed by atoms with Crippen LogP contribution >= 0.6 is 0 Å². The van der Waals surface area contributed by atoms with E-state index in [1.807, 2.05) is 32.1 Å². The van der Waals surface area contributed by atoms with Gasteiger partial charge in [-0.25, -0.2) is 0 Å². The zero-order chi connectivity index (χ0) is 9.68. The van der Waals surface area contributed by atoms with Crippen molar-refractivity contribution in [3.8, 4) is 0 Å². The van der Waals surface area contributed by atoms with Gasteiger partial charge in [-0.15, -0.1) is 0 Å². The highest BCUT2D eigenvalue weighted by Crippen LogP contribution is 2.16. The maximum atomic E-state index is 5.41. The minimum atomic E-state index is 0.678. The van der Waals surface area contributed by atoms with Crippen LogP contribution in [-0.2, 0) is 4.74 Å². The molecule has 0 radical (unpaired) electrons. The summed E-state index contributed by atoms with van der Waals surface area (Å²) in [5, 5.41) is 0. The summed E-state index contributed by atoms with van der Waals surface area (Å²) in [6.45, 7) is 7.43. The van der Waals surface area contributed by atoms with Crippen LogP contribution in [0.2, 0.25) is 0 Å². The van der Waals surface area contributed by atoms with E-state index in [1.165, 1.54) is 0 Å². The van der Waals surface area contributed by atoms with Gasteiger partial charge in [0.15, 0.2) is 0 Å². The van der Waals surface area contributed by atoms with Crippen molar-refractivity contribution in [3.05, 3.63) is 48.5 Å². The number of hydrogen-bond donors (Lipinski definition) is 0. The summed E-state index contributed by atoms with van der Waals surface area (Å²) >= 11 is 0. The van der Waals surface area contributed by atoms with E-state index in [0.717, 1.165) is 11.3 Å². The van der Waals surface area contributed by atoms with E-state index in [-0.39, 0.29) is 0 Å². The lowest BCUT2D eigenvalue weighted by atomic mass is 10.2. The summed E-state index contributed by atoms with van der Waals surface area (Å²) in [5.74, 6) is 1.47. The predicted molar refractivity (Wildman–Crippen MR) is 53.8 cm³/mol. The fourth-order valence-corrected chi connectivity index (χ4v) is 0.981. The summed E-state index contributed by atoms with van der Waals surface area (Å²) in [5.41, 5.74) is 0.966. The topological polar surface area (TPSA) is 22.1 Å². The summed E-state index contributed by atoms with van der Waals surface area (Å²) in [4.78, 5) is 4.01. The Labute approximate surface area is 78.6 Å². The van der Waals surface area contributed by atoms with Crippen molar-refractivity contribution in [2.24, 2.45) is 0 Å². The van der Waals surface area contributed by atoms with Crippen molar-refractivity contribution in [1.82, 2.24) is 4.98 Å². The minimum absolute atomic E-state index is 0.678. The quantitative estimate of drug-likeness (QED) is 0.659. The molecule has 0 aromatic carbocycles. The molecule has 1 aromatic rings. The summed E-state index contributed by atoms with van der Waals surface area (Å²) in [7, 11) is 0. The van der Waals surface area contributed by atoms with Crippen LogP contribution in [0.3, 0.4) is 0 Å². The van der Waals surface area contributed by atoms with Crippen molar-refractivity contribution in [2.75, 3.05) is 0 Å². The molecular formula is C11H13NO. The number of aromatic nitrogens is 1. The van der Waals surface area contributed by atoms with E-state index in [1.54, 1.807) is 12.4 Å². The first-order valence-corrected chi connectivity index (χ1v) is 4.14. The normalized spacial score (nSPS) is 11.1. The molecule has 0 bridgehead atoms. The number of pyridine rings is 1. The molecule has 0 saturated carbocycles. The highest BCUT2D eigenvalue weighted by atomic mass is 16.5. The molecule has 0 aliphatic heterocycles. The molecule has 68 valence electrons. The monoisotopic (exact) mass is 175 g/mol. The van der Waals surface area contributed by atoms with Gasteiger partial charge in [0.25, 0.3) is 0 Å². The Balaban J connectivity index is 2.86. The van der Waals surface area contributed by atoms with Crippen LogP contribution in [-0.4, -0.2) is 4.98 Å². The van der Waals surface area contributed by atoms with Gasteiger partial charge in [-0.1, -0.05) is 6.58 Å². The predicted octanol–water partition coefficient (Wildman–Crippen LogP) is 2.99. The molecule has 2 nitrogen and oxygen atoms in total. The summed E-state index contributed by atoms with van der Waals surface area (Å²) in [6, 6.07) is 3.83. The average Bonchev–Trinajstić information content (AvgIpc) is 2.15. The number of ether oxygens (including phenoxy) is 1. The Bertz CT molecular complexity index is 314. The van der Waals surface area contributed by atoms with Gasteiger partial charge in [0.05, 0.1) is 5.76 Å². The van der Waals surface area contributed by atoms with Crippen molar-refractivity contribution in [1.29, 1.82) is 0 Å². The Hall–Kier alpha value is -1.57. The number of rotatable bonds is 3. The molecule has 1 rings (SSSR count). The smallest absolute Gasteiger partial charge is 0.131 e. The number of allylic oxidation sites excluding steroid dienone is 2. The van der Waals surface area contributed by atoms with Crippen LogP contribution < -0.4 is 0 Å². The molecule has 0 amide bonds. The van der Waals surface area contributed by atoms with Gasteiger partial charge in [0.1, 0.15) is 5.76 Å². The molecular weight excluding hydrogens is 162 g/mol. The largest absolute Gasteiger partial charge is 0.462 e. The maximum Gasteiger partial charge on any atom is 0.131 e. The van der Waals surface area contributed by atoms with Crippen LogP contribution in [0.15, 0.2) is 42.9 Å². The van der Waals surface area contributed by atoms with Gasteiger partial charge < -0.3 is 4.74 Å². The highest BCUT2D eigenvalue weighted by molar-refractivity contribution is 5.58. The Morgan fingerprint density at radius 3 is 2.85 bits per heavy atom. The average molecular weight is 175 g/mol. The standard InChI is InChI=1S/C11H13NO/c1-4-11(13-9(2)3)10-6-5-7-12-8-10/h4-8H,2H2,1,3H3/b11-4-. The maximum absolute atomic E-state index is 5.41. The lowest BCUT2D eigenvalue weighted by Gasteiger charge is -2.08. The van der Waals surface area contributed by atoms with Gasteiger partial charge in [-0.05, 0) is 32.1 Å². The van der Waals surface area contributed by atoms with Crippen molar-refractivity contribution in [3.63, 3.8) is 0 Å². The van der Waals surface area contributed by atoms with E-state index in [2.05, 4.69) is 11.6 Å². The first-order chi connectivity index (χ1) is 6.24. The third-order valence-corrected chi connectivity index (χ3v) is 1.49. The number of hydrogen-bond acceptors (Lipinski definition) is 2. The molecule has 0 spiro atoms. The molecule has 2 heteroatoms. The third-order valence-electron chi connectivity index (χ3n) is 1.49. The van der Waals surface area contributed by atoms with E-state index in [4.69, 9.17) is 4.74 Å². The SMILES string of the molecule is C=C(C)O/C(=C\C)c1cccnc1. The van der Waals surface area contributed by atoms with E-state index in [0.29, 0.717) is 5.76 Å². The third kappa shape index (κ3) is 2.75. The molecule has 0 fully saturated rings. The van der Waals surface area contributed by atoms with E-state index < -0.39 is 0 Å². The van der Waals surface area contributed by atoms with Crippen LogP contribution in [0.25, 0.3) is 5.76 Å². The van der Waals surface area contributed by atoms with Gasteiger partial charge in [-0.3, -0.25) is 4.98 Å². The molecule has 0 saturated heterocycles. The molecule has 0 unspecified atom stereocenters. The Morgan fingerprint density at radius 2 is 2.38 bits per heavy atom. The van der Waals surface area contributed by atoms with Crippen LogP contribution in [0.1, 0.15) is 19.4 Å². The lowest BCUT2D eigenvalue weighted by Crippen LogP contribution is -1.89. The highest BCUT2D eigenvalue weighted by Gasteiger charge is 2.00. The van der Waals surface area contributed by atoms with Crippen LogP contribution in [0, 0.1) is 0 Å². The Kier molecular flexibility index (Phi) is 3.26. The molecule has 13 heavy (non-hydrogen) atoms. The van der Waals surface area contributed by atoms with Gasteiger partial charge in [0.2, 0.25) is 0 Å². The zero-order valence-electron chi connectivity index (χ0n) is 7.95. The van der Waals surface area contributed by atoms with Gasteiger partial charge in [-0.2, -0.15) is 0 Å². The minimum Gasteiger partial charge on any atom is -0.462 e. The second-order valence-electron chi connectivity index (χ2n) is 2.70. The summed E-state index contributed by atoms with van der Waals surface area (Å²) < 4.78 is 5.41. The number of nitrogens with zero attached hydrogens (tertiary/aromatic N) is 1. The molecule has 0 N–H and O–H groups in total. The molecule has 1 heterocycles. The molecule has 0 atom stereocenters. The second-order valence-corrected chi connectivity index (χ2v) is 2.70. The van der Waals surface area contributed by atoms with Crippen molar-refractivity contribution >= 4 is 5.76 Å². The lowest BCUT2D eigenvalue weighted by molar-refractivity contribution is 0.386. The van der Waals surface area contributed by atoms with Crippen LogP contribution in [0.5, 0.6) is 0 Å². The zero-order valence-corrected chi connectivity index (χ0v) is 7.95. The van der Waals surface area contributed by atoms with Gasteiger partial charge >= 0.3 is 0 Å².